The maximum Gasteiger partial charge on any atom is 0.303 e. The molecule has 0 spiro atoms. The van der Waals surface area contributed by atoms with Gasteiger partial charge in [0.05, 0.1) is 6.54 Å². The van der Waals surface area contributed by atoms with E-state index in [0.29, 0.717) is 6.42 Å². The highest BCUT2D eigenvalue weighted by molar-refractivity contribution is 5.66. The van der Waals surface area contributed by atoms with Crippen LogP contribution in [0.25, 0.3) is 0 Å². The van der Waals surface area contributed by atoms with Gasteiger partial charge in [-0.15, -0.1) is 0 Å². The second kappa shape index (κ2) is 4.43. The highest BCUT2D eigenvalue weighted by Gasteiger charge is 2.45. The fourth-order valence-electron chi connectivity index (χ4n) is 2.08. The van der Waals surface area contributed by atoms with Gasteiger partial charge < -0.3 is 5.11 Å². The lowest BCUT2D eigenvalue weighted by Gasteiger charge is -2.26. The van der Waals surface area contributed by atoms with E-state index in [4.69, 9.17) is 5.11 Å². The van der Waals surface area contributed by atoms with Gasteiger partial charge in [0.25, 0.3) is 5.92 Å². The number of likely N-dealkylation sites (tertiary alicyclic amines) is 1. The summed E-state index contributed by atoms with van der Waals surface area (Å²) >= 11 is 0. The molecule has 5 heteroatoms. The van der Waals surface area contributed by atoms with Gasteiger partial charge in [-0.05, 0) is 20.3 Å². The van der Waals surface area contributed by atoms with E-state index >= 15 is 0 Å². The molecule has 1 heterocycles. The van der Waals surface area contributed by atoms with Crippen LogP contribution in [0.15, 0.2) is 0 Å². The van der Waals surface area contributed by atoms with Gasteiger partial charge in [0.15, 0.2) is 0 Å². The van der Waals surface area contributed by atoms with Crippen LogP contribution in [0.3, 0.4) is 0 Å². The van der Waals surface area contributed by atoms with Gasteiger partial charge in [-0.2, -0.15) is 0 Å². The Morgan fingerprint density at radius 2 is 2.20 bits per heavy atom. The van der Waals surface area contributed by atoms with E-state index in [-0.39, 0.29) is 31.5 Å². The van der Waals surface area contributed by atoms with Gasteiger partial charge in [0.2, 0.25) is 0 Å². The second-order valence-corrected chi connectivity index (χ2v) is 4.41. The van der Waals surface area contributed by atoms with E-state index in [0.717, 1.165) is 0 Å². The Hall–Kier alpha value is -0.710. The molecule has 0 bridgehead atoms. The first-order valence-corrected chi connectivity index (χ1v) is 5.17. The van der Waals surface area contributed by atoms with Crippen LogP contribution < -0.4 is 0 Å². The molecule has 0 aromatic carbocycles. The molecule has 1 aliphatic heterocycles. The Morgan fingerprint density at radius 3 is 2.67 bits per heavy atom. The fourth-order valence-corrected chi connectivity index (χ4v) is 2.08. The molecule has 1 fully saturated rings. The maximum absolute atomic E-state index is 13.1. The van der Waals surface area contributed by atoms with Crippen LogP contribution >= 0.6 is 0 Å². The summed E-state index contributed by atoms with van der Waals surface area (Å²) < 4.78 is 26.3. The molecular formula is C10H17F2NO2. The Morgan fingerprint density at radius 1 is 1.60 bits per heavy atom. The zero-order chi connectivity index (χ0) is 11.6. The molecule has 0 aromatic heterocycles. The zero-order valence-corrected chi connectivity index (χ0v) is 9.04. The number of carbonyl (C=O) groups is 1. The van der Waals surface area contributed by atoms with E-state index in [9.17, 15) is 13.6 Å². The fraction of sp³-hybridized carbons (Fsp3) is 0.900. The summed E-state index contributed by atoms with van der Waals surface area (Å²) in [4.78, 5) is 12.1. The van der Waals surface area contributed by atoms with Crippen molar-refractivity contribution in [3.63, 3.8) is 0 Å². The molecule has 1 atom stereocenters. The summed E-state index contributed by atoms with van der Waals surface area (Å²) in [7, 11) is 0. The highest BCUT2D eigenvalue weighted by Crippen LogP contribution is 2.35. The van der Waals surface area contributed by atoms with Crippen molar-refractivity contribution in [3.05, 3.63) is 0 Å². The summed E-state index contributed by atoms with van der Waals surface area (Å²) in [6, 6.07) is -0.256. The third kappa shape index (κ3) is 3.41. The van der Waals surface area contributed by atoms with Crippen molar-refractivity contribution >= 4 is 5.97 Å². The number of nitrogens with zero attached hydrogens (tertiary/aromatic N) is 1. The first kappa shape index (κ1) is 12.4. The molecule has 88 valence electrons. The van der Waals surface area contributed by atoms with Crippen molar-refractivity contribution in [2.24, 2.45) is 0 Å². The van der Waals surface area contributed by atoms with Gasteiger partial charge in [0, 0.05) is 24.9 Å². The third-order valence-electron chi connectivity index (χ3n) is 2.77. The van der Waals surface area contributed by atoms with E-state index in [1.807, 2.05) is 13.8 Å². The minimum atomic E-state index is -2.66. The van der Waals surface area contributed by atoms with Crippen LogP contribution in [-0.4, -0.2) is 40.5 Å². The number of aliphatic carboxylic acids is 1. The summed E-state index contributed by atoms with van der Waals surface area (Å²) in [5, 5.41) is 8.52. The Balaban J connectivity index is 2.57. The van der Waals surface area contributed by atoms with E-state index < -0.39 is 11.9 Å². The van der Waals surface area contributed by atoms with Crippen LogP contribution in [0.2, 0.25) is 0 Å². The SMILES string of the molecule is CC(C)N1CC(F)(F)CC1CCC(=O)O. The number of hydrogen-bond donors (Lipinski definition) is 1. The number of carboxylic acids is 1. The molecule has 0 saturated carbocycles. The molecule has 1 aliphatic rings. The lowest BCUT2D eigenvalue weighted by molar-refractivity contribution is -0.137. The average Bonchev–Trinajstić information content (AvgIpc) is 2.38. The number of alkyl halides is 2. The van der Waals surface area contributed by atoms with E-state index in [2.05, 4.69) is 0 Å². The Kier molecular flexibility index (Phi) is 3.65. The summed E-state index contributed by atoms with van der Waals surface area (Å²) in [5.41, 5.74) is 0. The molecule has 15 heavy (non-hydrogen) atoms. The molecule has 1 rings (SSSR count). The first-order valence-electron chi connectivity index (χ1n) is 5.17. The van der Waals surface area contributed by atoms with Crippen molar-refractivity contribution in [2.75, 3.05) is 6.54 Å². The van der Waals surface area contributed by atoms with Gasteiger partial charge in [-0.25, -0.2) is 8.78 Å². The molecule has 0 radical (unpaired) electrons. The summed E-state index contributed by atoms with van der Waals surface area (Å²) in [5.74, 6) is -3.58. The van der Waals surface area contributed by atoms with Crippen molar-refractivity contribution in [2.45, 2.75) is 51.1 Å². The smallest absolute Gasteiger partial charge is 0.303 e. The Labute approximate surface area is 88.1 Å². The number of hydrogen-bond acceptors (Lipinski definition) is 2. The van der Waals surface area contributed by atoms with Gasteiger partial charge >= 0.3 is 5.97 Å². The van der Waals surface area contributed by atoms with E-state index in [1.54, 1.807) is 4.90 Å². The summed E-state index contributed by atoms with van der Waals surface area (Å²) in [6.07, 6.45) is 0.0610. The molecule has 1 N–H and O–H groups in total. The van der Waals surface area contributed by atoms with Crippen LogP contribution in [-0.2, 0) is 4.79 Å². The quantitative estimate of drug-likeness (QED) is 0.789. The van der Waals surface area contributed by atoms with Crippen LogP contribution in [0, 0.1) is 0 Å². The predicted molar refractivity (Wildman–Crippen MR) is 52.1 cm³/mol. The third-order valence-corrected chi connectivity index (χ3v) is 2.77. The minimum Gasteiger partial charge on any atom is -0.481 e. The number of rotatable bonds is 4. The van der Waals surface area contributed by atoms with Gasteiger partial charge in [-0.3, -0.25) is 9.69 Å². The molecule has 0 aliphatic carbocycles. The predicted octanol–water partition coefficient (Wildman–Crippen LogP) is 1.97. The van der Waals surface area contributed by atoms with Crippen LogP contribution in [0.5, 0.6) is 0 Å². The monoisotopic (exact) mass is 221 g/mol. The summed E-state index contributed by atoms with van der Waals surface area (Å²) in [6.45, 7) is 3.47. The largest absolute Gasteiger partial charge is 0.481 e. The molecule has 1 unspecified atom stereocenters. The topological polar surface area (TPSA) is 40.5 Å². The van der Waals surface area contributed by atoms with Gasteiger partial charge in [0.1, 0.15) is 0 Å². The lowest BCUT2D eigenvalue weighted by atomic mass is 10.1. The average molecular weight is 221 g/mol. The minimum absolute atomic E-state index is 0.0377. The van der Waals surface area contributed by atoms with E-state index in [1.165, 1.54) is 0 Å². The van der Waals surface area contributed by atoms with Crippen molar-refractivity contribution < 1.29 is 18.7 Å². The van der Waals surface area contributed by atoms with Crippen molar-refractivity contribution in [1.82, 2.24) is 4.90 Å². The van der Waals surface area contributed by atoms with Crippen molar-refractivity contribution in [3.8, 4) is 0 Å². The zero-order valence-electron chi connectivity index (χ0n) is 9.04. The lowest BCUT2D eigenvalue weighted by Crippen LogP contribution is -2.36. The number of halogens is 2. The standard InChI is InChI=1S/C10H17F2NO2/c1-7(2)13-6-10(11,12)5-8(13)3-4-9(14)15/h7-8H,3-6H2,1-2H3,(H,14,15). The Bertz CT molecular complexity index is 244. The van der Waals surface area contributed by atoms with Crippen molar-refractivity contribution in [1.29, 1.82) is 0 Å². The second-order valence-electron chi connectivity index (χ2n) is 4.41. The molecule has 1 saturated heterocycles. The highest BCUT2D eigenvalue weighted by atomic mass is 19.3. The maximum atomic E-state index is 13.1. The van der Waals surface area contributed by atoms with Crippen LogP contribution in [0.1, 0.15) is 33.1 Å². The van der Waals surface area contributed by atoms with Gasteiger partial charge in [-0.1, -0.05) is 0 Å². The first-order chi connectivity index (χ1) is 6.82. The molecule has 0 amide bonds. The van der Waals surface area contributed by atoms with Crippen LogP contribution in [0.4, 0.5) is 8.78 Å². The molecule has 0 aromatic rings. The molecule has 3 nitrogen and oxygen atoms in total. The normalized spacial score (nSPS) is 26.1. The number of carboxylic acid groups (broad SMARTS) is 1. The molecular weight excluding hydrogens is 204 g/mol.